The van der Waals surface area contributed by atoms with Crippen LogP contribution in [-0.4, -0.2) is 9.97 Å². The summed E-state index contributed by atoms with van der Waals surface area (Å²) in [5.74, 6) is 1.35. The Hall–Kier alpha value is -1.35. The van der Waals surface area contributed by atoms with Gasteiger partial charge in [-0.3, -0.25) is 0 Å². The number of nitrogens with one attached hydrogen (secondary N) is 1. The van der Waals surface area contributed by atoms with Crippen LogP contribution in [0.25, 0.3) is 11.0 Å². The van der Waals surface area contributed by atoms with Gasteiger partial charge in [-0.25, -0.2) is 4.98 Å². The third-order valence-corrected chi connectivity index (χ3v) is 3.31. The standard InChI is InChI=1S/C13H19N3/c1-4-8(2)11(14)13-15-10-7-5-6-9(3)12(10)16-13/h5-8,11H,4,14H2,1-3H3,(H,15,16)/t8-,11-/m0/s1. The van der Waals surface area contributed by atoms with Crippen molar-refractivity contribution in [3.05, 3.63) is 29.6 Å². The Morgan fingerprint density at radius 1 is 1.44 bits per heavy atom. The molecule has 2 atom stereocenters. The third-order valence-electron chi connectivity index (χ3n) is 3.31. The second-order valence-corrected chi connectivity index (χ2v) is 4.50. The highest BCUT2D eigenvalue weighted by Crippen LogP contribution is 2.23. The van der Waals surface area contributed by atoms with Gasteiger partial charge in [-0.05, 0) is 24.5 Å². The van der Waals surface area contributed by atoms with Crippen LogP contribution in [-0.2, 0) is 0 Å². The molecule has 0 amide bonds. The number of imidazole rings is 1. The Bertz CT molecular complexity index is 487. The number of aromatic amines is 1. The smallest absolute Gasteiger partial charge is 0.124 e. The second-order valence-electron chi connectivity index (χ2n) is 4.50. The zero-order valence-corrected chi connectivity index (χ0v) is 10.1. The predicted octanol–water partition coefficient (Wildman–Crippen LogP) is 2.92. The highest BCUT2D eigenvalue weighted by Gasteiger charge is 2.17. The van der Waals surface area contributed by atoms with E-state index >= 15 is 0 Å². The molecule has 16 heavy (non-hydrogen) atoms. The first-order chi connectivity index (χ1) is 7.63. The summed E-state index contributed by atoms with van der Waals surface area (Å²) in [7, 11) is 0. The van der Waals surface area contributed by atoms with Crippen LogP contribution in [0.3, 0.4) is 0 Å². The molecule has 1 aromatic heterocycles. The minimum atomic E-state index is -0.00296. The van der Waals surface area contributed by atoms with Crippen LogP contribution in [0, 0.1) is 12.8 Å². The normalized spacial score (nSPS) is 15.2. The molecule has 86 valence electrons. The van der Waals surface area contributed by atoms with E-state index in [1.807, 2.05) is 12.1 Å². The molecule has 3 heteroatoms. The molecular weight excluding hydrogens is 198 g/mol. The van der Waals surface area contributed by atoms with Gasteiger partial charge in [0.1, 0.15) is 5.82 Å². The molecule has 3 N–H and O–H groups in total. The molecule has 0 saturated carbocycles. The van der Waals surface area contributed by atoms with E-state index in [-0.39, 0.29) is 6.04 Å². The van der Waals surface area contributed by atoms with Crippen LogP contribution in [0.2, 0.25) is 0 Å². The van der Waals surface area contributed by atoms with Crippen molar-refractivity contribution in [3.63, 3.8) is 0 Å². The number of aromatic nitrogens is 2. The summed E-state index contributed by atoms with van der Waals surface area (Å²) < 4.78 is 0. The van der Waals surface area contributed by atoms with Crippen molar-refractivity contribution >= 4 is 11.0 Å². The predicted molar refractivity (Wildman–Crippen MR) is 67.2 cm³/mol. The number of hydrogen-bond donors (Lipinski definition) is 2. The molecular formula is C13H19N3. The van der Waals surface area contributed by atoms with Crippen molar-refractivity contribution in [3.8, 4) is 0 Å². The van der Waals surface area contributed by atoms with Crippen LogP contribution >= 0.6 is 0 Å². The number of H-pyrrole nitrogens is 1. The number of fused-ring (bicyclic) bond motifs is 1. The lowest BCUT2D eigenvalue weighted by Crippen LogP contribution is -2.19. The second kappa shape index (κ2) is 4.26. The van der Waals surface area contributed by atoms with E-state index in [0.717, 1.165) is 23.3 Å². The van der Waals surface area contributed by atoms with Crippen molar-refractivity contribution in [1.29, 1.82) is 0 Å². The number of rotatable bonds is 3. The van der Waals surface area contributed by atoms with Crippen molar-refractivity contribution < 1.29 is 0 Å². The maximum Gasteiger partial charge on any atom is 0.124 e. The van der Waals surface area contributed by atoms with Gasteiger partial charge >= 0.3 is 0 Å². The lowest BCUT2D eigenvalue weighted by Gasteiger charge is -2.15. The molecule has 0 aliphatic heterocycles. The maximum absolute atomic E-state index is 6.17. The SMILES string of the molecule is CC[C@H](C)[C@H](N)c1nc2c(C)cccc2[nH]1. The van der Waals surface area contributed by atoms with Crippen molar-refractivity contribution in [2.45, 2.75) is 33.2 Å². The zero-order valence-electron chi connectivity index (χ0n) is 10.1. The Balaban J connectivity index is 2.43. The van der Waals surface area contributed by atoms with Crippen molar-refractivity contribution in [2.24, 2.45) is 11.7 Å². The number of nitrogens with zero attached hydrogens (tertiary/aromatic N) is 1. The Morgan fingerprint density at radius 3 is 2.81 bits per heavy atom. The van der Waals surface area contributed by atoms with Crippen molar-refractivity contribution in [2.75, 3.05) is 0 Å². The highest BCUT2D eigenvalue weighted by atomic mass is 15.0. The summed E-state index contributed by atoms with van der Waals surface area (Å²) in [5.41, 5.74) is 9.48. The summed E-state index contributed by atoms with van der Waals surface area (Å²) >= 11 is 0. The van der Waals surface area contributed by atoms with E-state index in [1.54, 1.807) is 0 Å². The van der Waals surface area contributed by atoms with Gasteiger partial charge in [0.05, 0.1) is 17.1 Å². The summed E-state index contributed by atoms with van der Waals surface area (Å²) in [6.45, 7) is 6.38. The summed E-state index contributed by atoms with van der Waals surface area (Å²) in [4.78, 5) is 7.92. The molecule has 2 rings (SSSR count). The quantitative estimate of drug-likeness (QED) is 0.830. The van der Waals surface area contributed by atoms with Gasteiger partial charge in [0.15, 0.2) is 0 Å². The van der Waals surface area contributed by atoms with E-state index in [0.29, 0.717) is 5.92 Å². The van der Waals surface area contributed by atoms with E-state index in [1.165, 1.54) is 5.56 Å². The maximum atomic E-state index is 6.17. The molecule has 0 radical (unpaired) electrons. The van der Waals surface area contributed by atoms with Crippen LogP contribution in [0.5, 0.6) is 0 Å². The van der Waals surface area contributed by atoms with E-state index < -0.39 is 0 Å². The van der Waals surface area contributed by atoms with Crippen LogP contribution in [0.4, 0.5) is 0 Å². The van der Waals surface area contributed by atoms with Crippen LogP contribution < -0.4 is 5.73 Å². The molecule has 2 aromatic rings. The molecule has 3 nitrogen and oxygen atoms in total. The lowest BCUT2D eigenvalue weighted by molar-refractivity contribution is 0.442. The number of nitrogens with two attached hydrogens (primary N) is 1. The fourth-order valence-electron chi connectivity index (χ4n) is 1.88. The van der Waals surface area contributed by atoms with Gasteiger partial charge in [-0.1, -0.05) is 32.4 Å². The number of para-hydroxylation sites is 1. The molecule has 0 aliphatic rings. The minimum absolute atomic E-state index is 0.00296. The first-order valence-electron chi connectivity index (χ1n) is 5.84. The largest absolute Gasteiger partial charge is 0.341 e. The van der Waals surface area contributed by atoms with E-state index in [2.05, 4.69) is 36.8 Å². The molecule has 0 fully saturated rings. The van der Waals surface area contributed by atoms with Gasteiger partial charge in [-0.15, -0.1) is 0 Å². The number of hydrogen-bond acceptors (Lipinski definition) is 2. The summed E-state index contributed by atoms with van der Waals surface area (Å²) in [5, 5.41) is 0. The van der Waals surface area contributed by atoms with Crippen molar-refractivity contribution in [1.82, 2.24) is 9.97 Å². The summed E-state index contributed by atoms with van der Waals surface area (Å²) in [6.07, 6.45) is 1.07. The fourth-order valence-corrected chi connectivity index (χ4v) is 1.88. The van der Waals surface area contributed by atoms with Gasteiger partial charge < -0.3 is 10.7 Å². The lowest BCUT2D eigenvalue weighted by atomic mass is 10.00. The van der Waals surface area contributed by atoms with E-state index in [4.69, 9.17) is 5.73 Å². The Labute approximate surface area is 96.1 Å². The molecule has 0 spiro atoms. The fraction of sp³-hybridized carbons (Fsp3) is 0.462. The summed E-state index contributed by atoms with van der Waals surface area (Å²) in [6, 6.07) is 6.15. The highest BCUT2D eigenvalue weighted by molar-refractivity contribution is 5.78. The first kappa shape index (κ1) is 11.1. The average Bonchev–Trinajstić information content (AvgIpc) is 2.72. The molecule has 0 unspecified atom stereocenters. The van der Waals surface area contributed by atoms with Gasteiger partial charge in [0.25, 0.3) is 0 Å². The molecule has 0 aliphatic carbocycles. The Morgan fingerprint density at radius 2 is 2.19 bits per heavy atom. The van der Waals surface area contributed by atoms with Gasteiger partial charge in [0, 0.05) is 0 Å². The zero-order chi connectivity index (χ0) is 11.7. The Kier molecular flexibility index (Phi) is 2.97. The van der Waals surface area contributed by atoms with Crippen LogP contribution in [0.15, 0.2) is 18.2 Å². The topological polar surface area (TPSA) is 54.7 Å². The van der Waals surface area contributed by atoms with Gasteiger partial charge in [-0.2, -0.15) is 0 Å². The number of aryl methyl sites for hydroxylation is 1. The first-order valence-corrected chi connectivity index (χ1v) is 5.84. The third kappa shape index (κ3) is 1.83. The molecule has 0 bridgehead atoms. The molecule has 1 heterocycles. The molecule has 0 saturated heterocycles. The minimum Gasteiger partial charge on any atom is -0.341 e. The monoisotopic (exact) mass is 217 g/mol. The number of benzene rings is 1. The van der Waals surface area contributed by atoms with E-state index in [9.17, 15) is 0 Å². The van der Waals surface area contributed by atoms with Crippen LogP contribution in [0.1, 0.15) is 37.7 Å². The molecule has 1 aromatic carbocycles. The average molecular weight is 217 g/mol. The van der Waals surface area contributed by atoms with Gasteiger partial charge in [0.2, 0.25) is 0 Å².